The maximum absolute atomic E-state index is 13.6. The molecule has 3 aliphatic heterocycles. The minimum absolute atomic E-state index is 0.137. The first-order chi connectivity index (χ1) is 13.7. The van der Waals surface area contributed by atoms with Gasteiger partial charge in [-0.2, -0.15) is 0 Å². The van der Waals surface area contributed by atoms with Gasteiger partial charge in [0.2, 0.25) is 5.88 Å². The molecular formula is C20H19Cl2FN2O4. The fourth-order valence-electron chi connectivity index (χ4n) is 3.62. The summed E-state index contributed by atoms with van der Waals surface area (Å²) in [5, 5.41) is 0.274. The van der Waals surface area contributed by atoms with Crippen LogP contribution in [-0.2, 0) is 19.0 Å². The van der Waals surface area contributed by atoms with Gasteiger partial charge in [-0.25, -0.2) is 9.38 Å². The molecule has 6 nitrogen and oxygen atoms in total. The second-order valence-corrected chi connectivity index (χ2v) is 8.26. The van der Waals surface area contributed by atoms with Gasteiger partial charge in [0.1, 0.15) is 24.6 Å². The molecule has 0 aromatic heterocycles. The normalized spacial score (nSPS) is 25.5. The number of benzene rings is 1. The average Bonchev–Trinajstić information content (AvgIpc) is 3.18. The Kier molecular flexibility index (Phi) is 5.19. The Morgan fingerprint density at radius 1 is 1.34 bits per heavy atom. The molecule has 2 atom stereocenters. The summed E-state index contributed by atoms with van der Waals surface area (Å²) < 4.78 is 30.7. The highest BCUT2D eigenvalue weighted by atomic mass is 35.5. The Hall–Kier alpha value is -1.93. The van der Waals surface area contributed by atoms with Crippen molar-refractivity contribution in [2.75, 3.05) is 18.1 Å². The maximum atomic E-state index is 13.6. The summed E-state index contributed by atoms with van der Waals surface area (Å²) in [4.78, 5) is 18.7. The van der Waals surface area contributed by atoms with E-state index < -0.39 is 17.6 Å². The highest BCUT2D eigenvalue weighted by Crippen LogP contribution is 2.42. The Morgan fingerprint density at radius 3 is 2.66 bits per heavy atom. The molecular weight excluding hydrogens is 422 g/mol. The molecule has 1 aromatic rings. The second-order valence-electron chi connectivity index (χ2n) is 7.44. The molecule has 0 spiro atoms. The van der Waals surface area contributed by atoms with Gasteiger partial charge in [-0.3, -0.25) is 4.79 Å². The van der Waals surface area contributed by atoms with Crippen molar-refractivity contribution in [2.24, 2.45) is 4.99 Å². The number of nitrogens with zero attached hydrogens (tertiary/aromatic N) is 2. The molecule has 4 rings (SSSR count). The zero-order chi connectivity index (χ0) is 20.9. The van der Waals surface area contributed by atoms with Gasteiger partial charge < -0.3 is 19.1 Å². The highest BCUT2D eigenvalue weighted by molar-refractivity contribution is 6.39. The minimum atomic E-state index is -0.666. The van der Waals surface area contributed by atoms with Crippen molar-refractivity contribution in [3.8, 4) is 0 Å². The van der Waals surface area contributed by atoms with Crippen LogP contribution in [0.25, 0.3) is 0 Å². The van der Waals surface area contributed by atoms with Crippen molar-refractivity contribution in [3.63, 3.8) is 0 Å². The topological polar surface area (TPSA) is 60.4 Å². The molecule has 1 aromatic carbocycles. The molecule has 3 aliphatic rings. The van der Waals surface area contributed by atoms with E-state index in [4.69, 9.17) is 37.4 Å². The summed E-state index contributed by atoms with van der Waals surface area (Å²) in [5.41, 5.74) is 1.38. The number of rotatable bonds is 4. The van der Waals surface area contributed by atoms with Gasteiger partial charge in [-0.05, 0) is 32.9 Å². The zero-order valence-electron chi connectivity index (χ0n) is 16.0. The van der Waals surface area contributed by atoms with Crippen molar-refractivity contribution < 1.29 is 23.4 Å². The van der Waals surface area contributed by atoms with E-state index in [9.17, 15) is 9.18 Å². The van der Waals surface area contributed by atoms with E-state index in [1.165, 1.54) is 18.2 Å². The molecule has 0 saturated carbocycles. The number of fused-ring (bicyclic) bond motifs is 1. The SMILES string of the molecule is CC1=CC(=O)C2=C(OCC3COC(C)(C)O3)N=CC2N1c1c(Cl)cc(F)cc1Cl. The first-order valence-corrected chi connectivity index (χ1v) is 9.81. The van der Waals surface area contributed by atoms with Crippen LogP contribution in [0.15, 0.2) is 40.4 Å². The molecule has 3 heterocycles. The molecule has 0 aliphatic carbocycles. The Labute approximate surface area is 177 Å². The lowest BCUT2D eigenvalue weighted by Crippen LogP contribution is -2.41. The lowest BCUT2D eigenvalue weighted by Gasteiger charge is -2.35. The van der Waals surface area contributed by atoms with Crippen LogP contribution < -0.4 is 4.90 Å². The highest BCUT2D eigenvalue weighted by Gasteiger charge is 2.40. The van der Waals surface area contributed by atoms with Crippen molar-refractivity contribution in [1.82, 2.24) is 0 Å². The summed E-state index contributed by atoms with van der Waals surface area (Å²) in [7, 11) is 0. The van der Waals surface area contributed by atoms with E-state index in [-0.39, 0.29) is 34.4 Å². The van der Waals surface area contributed by atoms with E-state index in [0.29, 0.717) is 23.6 Å². The predicted molar refractivity (Wildman–Crippen MR) is 108 cm³/mol. The average molecular weight is 441 g/mol. The molecule has 1 saturated heterocycles. The second kappa shape index (κ2) is 7.40. The summed E-state index contributed by atoms with van der Waals surface area (Å²) in [6.07, 6.45) is 2.78. The van der Waals surface area contributed by atoms with Crippen LogP contribution in [0.2, 0.25) is 10.0 Å². The van der Waals surface area contributed by atoms with Crippen molar-refractivity contribution in [3.05, 3.63) is 51.2 Å². The molecule has 2 unspecified atom stereocenters. The quantitative estimate of drug-likeness (QED) is 0.699. The smallest absolute Gasteiger partial charge is 0.222 e. The number of hydrogen-bond donors (Lipinski definition) is 0. The summed E-state index contributed by atoms with van der Waals surface area (Å²) in [6.45, 7) is 5.99. The van der Waals surface area contributed by atoms with Crippen LogP contribution in [-0.4, -0.2) is 43.1 Å². The van der Waals surface area contributed by atoms with Crippen LogP contribution in [0.1, 0.15) is 20.8 Å². The number of carbonyl (C=O) groups is 1. The lowest BCUT2D eigenvalue weighted by atomic mass is 9.97. The predicted octanol–water partition coefficient (Wildman–Crippen LogP) is 4.26. The molecule has 9 heteroatoms. The molecule has 0 amide bonds. The largest absolute Gasteiger partial charge is 0.474 e. The molecule has 0 radical (unpaired) electrons. The summed E-state index contributed by atoms with van der Waals surface area (Å²) in [5.74, 6) is -1.20. The third-order valence-corrected chi connectivity index (χ3v) is 5.39. The Balaban J connectivity index is 1.63. The standard InChI is InChI=1S/C20H19Cl2FN2O4/c1-10-4-16(26)17-15(25(10)18-13(21)5-11(23)6-14(18)22)7-24-19(17)27-8-12-9-28-20(2,3)29-12/h4-7,12,15H,8-9H2,1-3H3. The number of allylic oxidation sites excluding steroid dienone is 2. The summed E-state index contributed by atoms with van der Waals surface area (Å²) in [6, 6.07) is 1.80. The monoisotopic (exact) mass is 440 g/mol. The van der Waals surface area contributed by atoms with E-state index >= 15 is 0 Å². The van der Waals surface area contributed by atoms with E-state index in [1.807, 2.05) is 13.8 Å². The Morgan fingerprint density at radius 2 is 2.03 bits per heavy atom. The maximum Gasteiger partial charge on any atom is 0.222 e. The molecule has 0 bridgehead atoms. The fourth-order valence-corrected chi connectivity index (χ4v) is 4.27. The third kappa shape index (κ3) is 3.80. The number of aliphatic imine (C=N–C) groups is 1. The van der Waals surface area contributed by atoms with Gasteiger partial charge in [0.05, 0.1) is 27.9 Å². The lowest BCUT2D eigenvalue weighted by molar-refractivity contribution is -0.143. The molecule has 1 fully saturated rings. The Bertz CT molecular complexity index is 950. The van der Waals surface area contributed by atoms with Gasteiger partial charge in [0.15, 0.2) is 11.6 Å². The van der Waals surface area contributed by atoms with Crippen LogP contribution in [0.3, 0.4) is 0 Å². The molecule has 29 heavy (non-hydrogen) atoms. The van der Waals surface area contributed by atoms with Gasteiger partial charge in [0, 0.05) is 18.0 Å². The molecule has 0 N–H and O–H groups in total. The number of carbonyl (C=O) groups excluding carboxylic acids is 1. The number of anilines is 1. The number of halogens is 3. The minimum Gasteiger partial charge on any atom is -0.474 e. The van der Waals surface area contributed by atoms with Crippen molar-refractivity contribution in [2.45, 2.75) is 38.7 Å². The van der Waals surface area contributed by atoms with Gasteiger partial charge in [-0.15, -0.1) is 0 Å². The van der Waals surface area contributed by atoms with Crippen LogP contribution in [0.4, 0.5) is 10.1 Å². The number of ether oxygens (including phenoxy) is 3. The van der Waals surface area contributed by atoms with E-state index in [0.717, 1.165) is 0 Å². The first-order valence-electron chi connectivity index (χ1n) is 9.05. The number of hydrogen-bond acceptors (Lipinski definition) is 6. The van der Waals surface area contributed by atoms with Crippen LogP contribution in [0, 0.1) is 5.82 Å². The van der Waals surface area contributed by atoms with Crippen molar-refractivity contribution >= 4 is 40.9 Å². The van der Waals surface area contributed by atoms with Crippen molar-refractivity contribution in [1.29, 1.82) is 0 Å². The number of ketones is 1. The first kappa shape index (κ1) is 20.3. The van der Waals surface area contributed by atoms with E-state index in [1.54, 1.807) is 18.0 Å². The third-order valence-electron chi connectivity index (χ3n) is 4.82. The van der Waals surface area contributed by atoms with Gasteiger partial charge in [0.25, 0.3) is 0 Å². The summed E-state index contributed by atoms with van der Waals surface area (Å²) >= 11 is 12.5. The fraction of sp³-hybridized carbons (Fsp3) is 0.400. The van der Waals surface area contributed by atoms with Crippen LogP contribution in [0.5, 0.6) is 0 Å². The van der Waals surface area contributed by atoms with Gasteiger partial charge in [-0.1, -0.05) is 23.2 Å². The molecule has 154 valence electrons. The van der Waals surface area contributed by atoms with Gasteiger partial charge >= 0.3 is 0 Å². The van der Waals surface area contributed by atoms with E-state index in [2.05, 4.69) is 4.99 Å². The zero-order valence-corrected chi connectivity index (χ0v) is 17.6. The van der Waals surface area contributed by atoms with Crippen LogP contribution >= 0.6 is 23.2 Å².